The molecule has 0 aliphatic rings. The Kier molecular flexibility index (Phi) is 7.25. The van der Waals surface area contributed by atoms with E-state index in [1.54, 1.807) is 0 Å². The second-order valence-corrected chi connectivity index (χ2v) is 10.3. The van der Waals surface area contributed by atoms with Gasteiger partial charge in [0.15, 0.2) is 11.7 Å². The van der Waals surface area contributed by atoms with Gasteiger partial charge in [-0.3, -0.25) is 24.9 Å². The molecule has 12 nitrogen and oxygen atoms in total. The molecule has 172 valence electrons. The number of esters is 1. The quantitative estimate of drug-likeness (QED) is 0.213. The van der Waals surface area contributed by atoms with E-state index in [9.17, 15) is 33.2 Å². The summed E-state index contributed by atoms with van der Waals surface area (Å²) in [4.78, 5) is 37.8. The summed E-state index contributed by atoms with van der Waals surface area (Å²) in [7, 11) is -4.22. The number of hydrogen-bond acceptors (Lipinski definition) is 10. The van der Waals surface area contributed by atoms with E-state index in [-0.39, 0.29) is 21.4 Å². The minimum absolute atomic E-state index is 0.0447. The number of sulfonamides is 1. The number of benzene rings is 2. The monoisotopic (exact) mass is 556 g/mol. The number of carbonyl (C=O) groups excluding carboxylic acids is 2. The predicted octanol–water partition coefficient (Wildman–Crippen LogP) is 3.12. The molecule has 0 saturated carbocycles. The van der Waals surface area contributed by atoms with Gasteiger partial charge in [-0.15, -0.1) is 0 Å². The first-order valence-electron chi connectivity index (χ1n) is 8.74. The summed E-state index contributed by atoms with van der Waals surface area (Å²) in [6.07, 6.45) is 1.47. The topological polar surface area (TPSA) is 178 Å². The molecule has 0 unspecified atom stereocenters. The van der Waals surface area contributed by atoms with Crippen molar-refractivity contribution in [3.05, 3.63) is 68.1 Å². The number of rotatable bonds is 8. The van der Waals surface area contributed by atoms with Crippen LogP contribution < -0.4 is 10.0 Å². The molecule has 33 heavy (non-hydrogen) atoms. The number of nitro benzene ring substituents is 1. The van der Waals surface area contributed by atoms with Crippen molar-refractivity contribution in [3.63, 3.8) is 0 Å². The molecule has 3 N–H and O–H groups in total. The Morgan fingerprint density at radius 3 is 2.52 bits per heavy atom. The molecule has 0 radical (unpaired) electrons. The van der Waals surface area contributed by atoms with Crippen LogP contribution in [0.3, 0.4) is 0 Å². The summed E-state index contributed by atoms with van der Waals surface area (Å²) < 4.78 is 33.0. The fourth-order valence-electron chi connectivity index (χ4n) is 2.39. The molecule has 0 atom stereocenters. The number of non-ortho nitro benzene ring substituents is 1. The number of phenols is 1. The summed E-state index contributed by atoms with van der Waals surface area (Å²) >= 11 is 4.33. The molecule has 0 bridgehead atoms. The van der Waals surface area contributed by atoms with Gasteiger partial charge >= 0.3 is 5.97 Å². The highest BCUT2D eigenvalue weighted by Crippen LogP contribution is 2.25. The molecule has 1 amide bonds. The third kappa shape index (κ3) is 6.24. The lowest BCUT2D eigenvalue weighted by Gasteiger charge is -2.11. The molecule has 1 aromatic heterocycles. The van der Waals surface area contributed by atoms with Crippen LogP contribution in [0.5, 0.6) is 5.75 Å². The number of nitrogens with zero attached hydrogens (tertiary/aromatic N) is 2. The van der Waals surface area contributed by atoms with E-state index in [1.165, 1.54) is 18.3 Å². The number of nitrogens with one attached hydrogen (secondary N) is 2. The van der Waals surface area contributed by atoms with Gasteiger partial charge in [0.25, 0.3) is 21.6 Å². The summed E-state index contributed by atoms with van der Waals surface area (Å²) in [5.74, 6) is -2.37. The van der Waals surface area contributed by atoms with Gasteiger partial charge in [0.1, 0.15) is 11.3 Å². The molecular weight excluding hydrogens is 544 g/mol. The SMILES string of the molecule is O=C(COC(=O)c1cc(S(=O)(=O)Nc2ccc([N+](=O)[O-])cc2)ccc1O)Nc1ncc(Br)s1. The van der Waals surface area contributed by atoms with E-state index >= 15 is 0 Å². The second kappa shape index (κ2) is 9.93. The van der Waals surface area contributed by atoms with E-state index in [2.05, 4.69) is 31.0 Å². The Bertz CT molecular complexity index is 1330. The lowest BCUT2D eigenvalue weighted by atomic mass is 10.2. The van der Waals surface area contributed by atoms with Gasteiger partial charge in [-0.1, -0.05) is 11.3 Å². The first-order chi connectivity index (χ1) is 15.5. The van der Waals surface area contributed by atoms with Crippen LogP contribution in [0.1, 0.15) is 10.4 Å². The molecule has 0 spiro atoms. The Morgan fingerprint density at radius 1 is 1.21 bits per heavy atom. The number of nitro groups is 1. The van der Waals surface area contributed by atoms with Crippen LogP contribution in [0.25, 0.3) is 0 Å². The van der Waals surface area contributed by atoms with Gasteiger partial charge < -0.3 is 9.84 Å². The van der Waals surface area contributed by atoms with Crippen molar-refractivity contribution in [2.75, 3.05) is 16.6 Å². The smallest absolute Gasteiger partial charge is 0.342 e. The highest BCUT2D eigenvalue weighted by molar-refractivity contribution is 9.11. The third-order valence-corrected chi connectivity index (χ3v) is 6.66. The van der Waals surface area contributed by atoms with Crippen LogP contribution in [0, 0.1) is 10.1 Å². The molecule has 0 aliphatic carbocycles. The van der Waals surface area contributed by atoms with Gasteiger partial charge in [-0.25, -0.2) is 18.2 Å². The van der Waals surface area contributed by atoms with Crippen molar-refractivity contribution in [2.45, 2.75) is 4.90 Å². The summed E-state index contributed by atoms with van der Waals surface area (Å²) in [6.45, 7) is -0.701. The van der Waals surface area contributed by atoms with Gasteiger partial charge in [0.05, 0.1) is 19.8 Å². The Balaban J connectivity index is 1.70. The van der Waals surface area contributed by atoms with Crippen molar-refractivity contribution < 1.29 is 32.8 Å². The number of amides is 1. The number of ether oxygens (including phenoxy) is 1. The van der Waals surface area contributed by atoms with E-state index in [0.29, 0.717) is 3.79 Å². The molecule has 1 heterocycles. The second-order valence-electron chi connectivity index (χ2n) is 6.18. The van der Waals surface area contributed by atoms with Crippen molar-refractivity contribution in [1.29, 1.82) is 0 Å². The van der Waals surface area contributed by atoms with Gasteiger partial charge in [-0.2, -0.15) is 0 Å². The van der Waals surface area contributed by atoms with Gasteiger partial charge in [0.2, 0.25) is 0 Å². The fraction of sp³-hybridized carbons (Fsp3) is 0.0556. The third-order valence-electron chi connectivity index (χ3n) is 3.89. The maximum atomic E-state index is 12.6. The average Bonchev–Trinajstić information content (AvgIpc) is 3.16. The summed E-state index contributed by atoms with van der Waals surface area (Å²) in [5.41, 5.74) is -0.659. The Morgan fingerprint density at radius 2 is 1.91 bits per heavy atom. The fourth-order valence-corrected chi connectivity index (χ4v) is 4.59. The normalized spacial score (nSPS) is 10.9. The predicted molar refractivity (Wildman–Crippen MR) is 121 cm³/mol. The zero-order valence-corrected chi connectivity index (χ0v) is 19.4. The van der Waals surface area contributed by atoms with Crippen LogP contribution in [0.4, 0.5) is 16.5 Å². The first kappa shape index (κ1) is 24.1. The Hall–Kier alpha value is -3.56. The number of phenolic OH excluding ortho intramolecular Hbond substituents is 1. The standard InChI is InChI=1S/C18H13BrN4O8S2/c19-15-8-20-18(32-15)21-16(25)9-31-17(26)13-7-12(5-6-14(13)24)33(29,30)22-10-1-3-11(4-2-10)23(27)28/h1-8,22,24H,9H2,(H,20,21,25). The number of thiazole rings is 1. The van der Waals surface area contributed by atoms with Crippen LogP contribution in [-0.4, -0.2) is 41.9 Å². The molecule has 0 saturated heterocycles. The molecule has 15 heteroatoms. The maximum Gasteiger partial charge on any atom is 0.342 e. The van der Waals surface area contributed by atoms with Gasteiger partial charge in [-0.05, 0) is 46.3 Å². The lowest BCUT2D eigenvalue weighted by molar-refractivity contribution is -0.384. The number of anilines is 2. The zero-order chi connectivity index (χ0) is 24.2. The molecule has 3 aromatic rings. The minimum Gasteiger partial charge on any atom is -0.507 e. The van der Waals surface area contributed by atoms with Crippen LogP contribution >= 0.6 is 27.3 Å². The average molecular weight is 557 g/mol. The van der Waals surface area contributed by atoms with E-state index in [4.69, 9.17) is 4.74 Å². The molecule has 3 rings (SSSR count). The van der Waals surface area contributed by atoms with Crippen LogP contribution in [0.15, 0.2) is 57.3 Å². The highest BCUT2D eigenvalue weighted by atomic mass is 79.9. The maximum absolute atomic E-state index is 12.6. The molecular formula is C18H13BrN4O8S2. The van der Waals surface area contributed by atoms with E-state index < -0.39 is 44.7 Å². The van der Waals surface area contributed by atoms with E-state index in [1.807, 2.05) is 0 Å². The summed E-state index contributed by atoms with van der Waals surface area (Å²) in [6, 6.07) is 7.54. The molecule has 0 aliphatic heterocycles. The number of aromatic hydroxyl groups is 1. The van der Waals surface area contributed by atoms with Crippen molar-refractivity contribution in [1.82, 2.24) is 4.98 Å². The molecule has 0 fully saturated rings. The van der Waals surface area contributed by atoms with Crippen molar-refractivity contribution in [2.24, 2.45) is 0 Å². The largest absolute Gasteiger partial charge is 0.507 e. The number of carbonyl (C=O) groups is 2. The number of hydrogen-bond donors (Lipinski definition) is 3. The van der Waals surface area contributed by atoms with Crippen LogP contribution in [-0.2, 0) is 19.6 Å². The minimum atomic E-state index is -4.22. The van der Waals surface area contributed by atoms with Crippen LogP contribution in [0.2, 0.25) is 0 Å². The molecule has 2 aromatic carbocycles. The van der Waals surface area contributed by atoms with Gasteiger partial charge in [0, 0.05) is 17.8 Å². The zero-order valence-electron chi connectivity index (χ0n) is 16.2. The van der Waals surface area contributed by atoms with Crippen molar-refractivity contribution >= 4 is 65.7 Å². The number of aromatic nitrogens is 1. The highest BCUT2D eigenvalue weighted by Gasteiger charge is 2.21. The lowest BCUT2D eigenvalue weighted by Crippen LogP contribution is -2.21. The van der Waals surface area contributed by atoms with Crippen molar-refractivity contribution in [3.8, 4) is 5.75 Å². The number of halogens is 1. The van der Waals surface area contributed by atoms with E-state index in [0.717, 1.165) is 41.7 Å². The Labute approximate surface area is 198 Å². The first-order valence-corrected chi connectivity index (χ1v) is 11.8. The summed E-state index contributed by atoms with van der Waals surface area (Å²) in [5, 5.41) is 23.3.